The molecule has 2 aromatic carbocycles. The summed E-state index contributed by atoms with van der Waals surface area (Å²) >= 11 is 0. The SMILES string of the molecule is CS(=O)(=O)c1cc(NC2CCOC(c3ccccc3)C2)ccc1[N+](=O)[O-]. The van der Waals surface area contributed by atoms with Gasteiger partial charge in [-0.2, -0.15) is 0 Å². The van der Waals surface area contributed by atoms with Gasteiger partial charge in [0.2, 0.25) is 0 Å². The van der Waals surface area contributed by atoms with Gasteiger partial charge in [0.1, 0.15) is 4.90 Å². The molecule has 1 aliphatic heterocycles. The number of nitro groups is 1. The van der Waals surface area contributed by atoms with E-state index in [9.17, 15) is 18.5 Å². The summed E-state index contributed by atoms with van der Waals surface area (Å²) in [6.07, 6.45) is 2.44. The van der Waals surface area contributed by atoms with Crippen LogP contribution < -0.4 is 5.32 Å². The molecule has 0 amide bonds. The third-order valence-corrected chi connectivity index (χ3v) is 5.51. The first kappa shape index (κ1) is 18.3. The molecule has 0 bridgehead atoms. The Labute approximate surface area is 152 Å². The zero-order chi connectivity index (χ0) is 18.7. The molecular weight excluding hydrogens is 356 g/mol. The fourth-order valence-electron chi connectivity index (χ4n) is 3.12. The first-order valence-electron chi connectivity index (χ1n) is 8.26. The van der Waals surface area contributed by atoms with Crippen LogP contribution in [0.15, 0.2) is 53.4 Å². The number of hydrogen-bond donors (Lipinski definition) is 1. The Morgan fingerprint density at radius 1 is 1.19 bits per heavy atom. The van der Waals surface area contributed by atoms with Crippen molar-refractivity contribution in [2.75, 3.05) is 18.2 Å². The van der Waals surface area contributed by atoms with Gasteiger partial charge >= 0.3 is 0 Å². The van der Waals surface area contributed by atoms with Crippen molar-refractivity contribution in [3.05, 3.63) is 64.2 Å². The Hall–Kier alpha value is -2.45. The normalized spacial score (nSPS) is 20.5. The van der Waals surface area contributed by atoms with Crippen molar-refractivity contribution < 1.29 is 18.1 Å². The molecule has 0 radical (unpaired) electrons. The number of rotatable bonds is 5. The Kier molecular flexibility index (Phi) is 5.24. The van der Waals surface area contributed by atoms with E-state index in [0.717, 1.165) is 24.7 Å². The van der Waals surface area contributed by atoms with Gasteiger partial charge in [0.15, 0.2) is 9.84 Å². The monoisotopic (exact) mass is 376 g/mol. The van der Waals surface area contributed by atoms with Crippen LogP contribution in [0.3, 0.4) is 0 Å². The number of sulfone groups is 1. The lowest BCUT2D eigenvalue weighted by Gasteiger charge is -2.31. The molecule has 1 heterocycles. The average molecular weight is 376 g/mol. The Morgan fingerprint density at radius 2 is 1.92 bits per heavy atom. The van der Waals surface area contributed by atoms with Crippen LogP contribution in [0.1, 0.15) is 24.5 Å². The van der Waals surface area contributed by atoms with Crippen LogP contribution >= 0.6 is 0 Å². The third-order valence-electron chi connectivity index (χ3n) is 4.38. The van der Waals surface area contributed by atoms with E-state index in [1.54, 1.807) is 6.07 Å². The van der Waals surface area contributed by atoms with E-state index < -0.39 is 20.4 Å². The number of anilines is 1. The second-order valence-electron chi connectivity index (χ2n) is 6.35. The highest BCUT2D eigenvalue weighted by molar-refractivity contribution is 7.90. The number of nitrogens with one attached hydrogen (secondary N) is 1. The molecule has 7 nitrogen and oxygen atoms in total. The quantitative estimate of drug-likeness (QED) is 0.635. The molecule has 8 heteroatoms. The van der Waals surface area contributed by atoms with Crippen LogP contribution in [-0.2, 0) is 14.6 Å². The summed E-state index contributed by atoms with van der Waals surface area (Å²) in [5.74, 6) is 0. The molecule has 1 fully saturated rings. The smallest absolute Gasteiger partial charge is 0.288 e. The predicted molar refractivity (Wildman–Crippen MR) is 98.0 cm³/mol. The lowest BCUT2D eigenvalue weighted by Crippen LogP contribution is -2.30. The van der Waals surface area contributed by atoms with Crippen LogP contribution in [0.2, 0.25) is 0 Å². The van der Waals surface area contributed by atoms with E-state index in [1.165, 1.54) is 12.1 Å². The Balaban J connectivity index is 1.79. The minimum atomic E-state index is -3.70. The zero-order valence-corrected chi connectivity index (χ0v) is 15.1. The van der Waals surface area contributed by atoms with Gasteiger partial charge in [-0.1, -0.05) is 30.3 Å². The number of nitrogens with zero attached hydrogens (tertiary/aromatic N) is 1. The molecule has 0 aromatic heterocycles. The van der Waals surface area contributed by atoms with Gasteiger partial charge in [-0.25, -0.2) is 8.42 Å². The topological polar surface area (TPSA) is 98.5 Å². The van der Waals surface area contributed by atoms with Gasteiger partial charge in [0.25, 0.3) is 5.69 Å². The van der Waals surface area contributed by atoms with Crippen LogP contribution in [0, 0.1) is 10.1 Å². The van der Waals surface area contributed by atoms with Crippen LogP contribution in [0.25, 0.3) is 0 Å². The van der Waals surface area contributed by atoms with E-state index in [-0.39, 0.29) is 17.0 Å². The summed E-state index contributed by atoms with van der Waals surface area (Å²) in [7, 11) is -3.70. The summed E-state index contributed by atoms with van der Waals surface area (Å²) in [5.41, 5.74) is 1.24. The van der Waals surface area contributed by atoms with Crippen LogP contribution in [-0.4, -0.2) is 32.2 Å². The molecular formula is C18H20N2O5S. The lowest BCUT2D eigenvalue weighted by molar-refractivity contribution is -0.387. The van der Waals surface area contributed by atoms with Gasteiger partial charge in [0, 0.05) is 30.7 Å². The summed E-state index contributed by atoms with van der Waals surface area (Å²) in [4.78, 5) is 10.1. The number of nitro benzene ring substituents is 1. The van der Waals surface area contributed by atoms with E-state index in [1.807, 2.05) is 30.3 Å². The van der Waals surface area contributed by atoms with Gasteiger partial charge in [-0.05, 0) is 30.5 Å². The van der Waals surface area contributed by atoms with Crippen molar-refractivity contribution in [1.29, 1.82) is 0 Å². The molecule has 0 aliphatic carbocycles. The van der Waals surface area contributed by atoms with E-state index >= 15 is 0 Å². The first-order chi connectivity index (χ1) is 12.3. The molecule has 3 rings (SSSR count). The van der Waals surface area contributed by atoms with Crippen LogP contribution in [0.5, 0.6) is 0 Å². The van der Waals surface area contributed by atoms with Gasteiger partial charge < -0.3 is 10.1 Å². The highest BCUT2D eigenvalue weighted by Gasteiger charge is 2.26. The maximum absolute atomic E-state index is 11.9. The fraction of sp³-hybridized carbons (Fsp3) is 0.333. The average Bonchev–Trinajstić information content (AvgIpc) is 2.62. The van der Waals surface area contributed by atoms with E-state index in [4.69, 9.17) is 4.74 Å². The highest BCUT2D eigenvalue weighted by atomic mass is 32.2. The minimum absolute atomic E-state index is 0.0325. The van der Waals surface area contributed by atoms with Crippen molar-refractivity contribution in [3.63, 3.8) is 0 Å². The predicted octanol–water partition coefficient (Wildman–Crippen LogP) is 3.33. The fourth-order valence-corrected chi connectivity index (χ4v) is 3.98. The third kappa shape index (κ3) is 4.20. The van der Waals surface area contributed by atoms with Crippen molar-refractivity contribution in [2.24, 2.45) is 0 Å². The summed E-state index contributed by atoms with van der Waals surface area (Å²) in [5, 5.41) is 14.4. The molecule has 0 spiro atoms. The van der Waals surface area contributed by atoms with E-state index in [2.05, 4.69) is 5.32 Å². The lowest BCUT2D eigenvalue weighted by atomic mass is 9.97. The van der Waals surface area contributed by atoms with Crippen molar-refractivity contribution in [3.8, 4) is 0 Å². The second-order valence-corrected chi connectivity index (χ2v) is 8.33. The van der Waals surface area contributed by atoms with Crippen molar-refractivity contribution >= 4 is 21.2 Å². The van der Waals surface area contributed by atoms with Crippen molar-refractivity contribution in [1.82, 2.24) is 0 Å². The van der Waals surface area contributed by atoms with Crippen molar-refractivity contribution in [2.45, 2.75) is 29.9 Å². The molecule has 2 atom stereocenters. The Morgan fingerprint density at radius 3 is 2.58 bits per heavy atom. The van der Waals surface area contributed by atoms with Gasteiger partial charge in [-0.3, -0.25) is 10.1 Å². The molecule has 0 saturated carbocycles. The molecule has 1 aliphatic rings. The molecule has 26 heavy (non-hydrogen) atoms. The molecule has 138 valence electrons. The summed E-state index contributed by atoms with van der Waals surface area (Å²) in [6, 6.07) is 14.1. The maximum Gasteiger partial charge on any atom is 0.288 e. The highest BCUT2D eigenvalue weighted by Crippen LogP contribution is 2.32. The second kappa shape index (κ2) is 7.43. The number of benzene rings is 2. The molecule has 2 unspecified atom stereocenters. The molecule has 1 saturated heterocycles. The number of hydrogen-bond acceptors (Lipinski definition) is 6. The Bertz CT molecular complexity index is 899. The van der Waals surface area contributed by atoms with E-state index in [0.29, 0.717) is 12.3 Å². The molecule has 2 aromatic rings. The van der Waals surface area contributed by atoms with Gasteiger partial charge in [0.05, 0.1) is 11.0 Å². The first-order valence-corrected chi connectivity index (χ1v) is 10.2. The summed E-state index contributed by atoms with van der Waals surface area (Å²) < 4.78 is 29.6. The minimum Gasteiger partial charge on any atom is -0.382 e. The van der Waals surface area contributed by atoms with Crippen LogP contribution in [0.4, 0.5) is 11.4 Å². The summed E-state index contributed by atoms with van der Waals surface area (Å²) in [6.45, 7) is 0.586. The number of ether oxygens (including phenoxy) is 1. The maximum atomic E-state index is 11.9. The van der Waals surface area contributed by atoms with Gasteiger partial charge in [-0.15, -0.1) is 0 Å². The largest absolute Gasteiger partial charge is 0.382 e. The molecule has 1 N–H and O–H groups in total. The standard InChI is InChI=1S/C18H20N2O5S/c1-26(23,24)18-12-14(7-8-16(18)20(21)22)19-15-9-10-25-17(11-15)13-5-3-2-4-6-13/h2-8,12,15,17,19H,9-11H2,1H3. The zero-order valence-electron chi connectivity index (χ0n) is 14.3.